The summed E-state index contributed by atoms with van der Waals surface area (Å²) in [6.07, 6.45) is 5.20. The van der Waals surface area contributed by atoms with E-state index in [0.29, 0.717) is 0 Å². The van der Waals surface area contributed by atoms with E-state index in [2.05, 4.69) is 11.4 Å². The van der Waals surface area contributed by atoms with Crippen molar-refractivity contribution in [1.29, 1.82) is 0 Å². The summed E-state index contributed by atoms with van der Waals surface area (Å²) in [6, 6.07) is 0. The molecule has 0 aromatic carbocycles. The van der Waals surface area contributed by atoms with Gasteiger partial charge in [-0.1, -0.05) is 0 Å². The average molecular weight is 123 g/mol. The van der Waals surface area contributed by atoms with Crippen LogP contribution in [0, 0.1) is 0 Å². The minimum absolute atomic E-state index is 0.860. The van der Waals surface area contributed by atoms with Crippen molar-refractivity contribution in [3.63, 3.8) is 0 Å². The molecular weight excluding hydrogens is 114 g/mol. The fourth-order valence-corrected chi connectivity index (χ4v) is 1.15. The molecule has 0 bridgehead atoms. The summed E-state index contributed by atoms with van der Waals surface area (Å²) in [6.45, 7) is 1.78. The molecule has 2 aliphatic heterocycles. The van der Waals surface area contributed by atoms with Crippen molar-refractivity contribution in [2.45, 2.75) is 6.42 Å². The van der Waals surface area contributed by atoms with Gasteiger partial charge < -0.3 is 10.1 Å². The highest BCUT2D eigenvalue weighted by Crippen LogP contribution is 2.23. The molecule has 0 aromatic rings. The zero-order valence-electron chi connectivity index (χ0n) is 5.18. The molecule has 0 atom stereocenters. The normalized spacial score (nSPS) is 23.1. The quantitative estimate of drug-likeness (QED) is 0.514. The molecule has 1 saturated heterocycles. The zero-order valence-corrected chi connectivity index (χ0v) is 5.18. The van der Waals surface area contributed by atoms with Gasteiger partial charge in [0.1, 0.15) is 5.76 Å². The van der Waals surface area contributed by atoms with Gasteiger partial charge in [-0.3, -0.25) is 0 Å². The monoisotopic (exact) mass is 123 g/mol. The largest absolute Gasteiger partial charge is 0.493 e. The lowest BCUT2D eigenvalue weighted by Gasteiger charge is -2.06. The summed E-state index contributed by atoms with van der Waals surface area (Å²) in [5.41, 5.74) is 1.32. The Kier molecular flexibility index (Phi) is 0.979. The van der Waals surface area contributed by atoms with Gasteiger partial charge in [-0.25, -0.2) is 0 Å². The van der Waals surface area contributed by atoms with E-state index >= 15 is 0 Å². The molecule has 1 fully saturated rings. The molecule has 2 heteroatoms. The van der Waals surface area contributed by atoms with Crippen molar-refractivity contribution < 1.29 is 4.74 Å². The molecule has 0 saturated carbocycles. The highest BCUT2D eigenvalue weighted by atomic mass is 16.5. The summed E-state index contributed by atoms with van der Waals surface area (Å²) >= 11 is 0. The molecule has 0 amide bonds. The maximum atomic E-state index is 5.31. The van der Waals surface area contributed by atoms with Gasteiger partial charge >= 0.3 is 0 Å². The van der Waals surface area contributed by atoms with E-state index in [1.54, 1.807) is 0 Å². The van der Waals surface area contributed by atoms with Crippen LogP contribution in [-0.4, -0.2) is 13.2 Å². The van der Waals surface area contributed by atoms with Gasteiger partial charge in [0.25, 0.3) is 0 Å². The lowest BCUT2D eigenvalue weighted by Crippen LogP contribution is -2.10. The molecule has 0 aromatic heterocycles. The minimum atomic E-state index is 0.860. The van der Waals surface area contributed by atoms with Crippen molar-refractivity contribution in [2.24, 2.45) is 0 Å². The second-order valence-electron chi connectivity index (χ2n) is 2.24. The Bertz CT molecular complexity index is 161. The number of fused-ring (bicyclic) bond motifs is 1. The highest BCUT2D eigenvalue weighted by Gasteiger charge is 2.15. The molecule has 9 heavy (non-hydrogen) atoms. The van der Waals surface area contributed by atoms with Gasteiger partial charge in [0.15, 0.2) is 0 Å². The van der Waals surface area contributed by atoms with Gasteiger partial charge in [0, 0.05) is 24.7 Å². The summed E-state index contributed by atoms with van der Waals surface area (Å²) in [4.78, 5) is 0. The van der Waals surface area contributed by atoms with Crippen LogP contribution in [0.25, 0.3) is 0 Å². The van der Waals surface area contributed by atoms with E-state index in [4.69, 9.17) is 4.74 Å². The first-order valence-corrected chi connectivity index (χ1v) is 3.22. The Hall–Kier alpha value is -0.920. The highest BCUT2D eigenvalue weighted by molar-refractivity contribution is 5.31. The third kappa shape index (κ3) is 0.707. The number of rotatable bonds is 0. The summed E-state index contributed by atoms with van der Waals surface area (Å²) in [7, 11) is 0. The molecule has 48 valence electrons. The van der Waals surface area contributed by atoms with Crippen LogP contribution in [0.1, 0.15) is 6.42 Å². The third-order valence-corrected chi connectivity index (χ3v) is 1.63. The van der Waals surface area contributed by atoms with Gasteiger partial charge in [0.05, 0.1) is 6.61 Å². The van der Waals surface area contributed by atoms with Crippen LogP contribution in [0.2, 0.25) is 0 Å². The molecule has 0 radical (unpaired) electrons. The van der Waals surface area contributed by atoms with Gasteiger partial charge in [-0.2, -0.15) is 0 Å². The topological polar surface area (TPSA) is 21.3 Å². The Labute approximate surface area is 54.2 Å². The molecule has 0 unspecified atom stereocenters. The van der Waals surface area contributed by atoms with E-state index in [-0.39, 0.29) is 0 Å². The van der Waals surface area contributed by atoms with Crippen molar-refractivity contribution in [3.8, 4) is 0 Å². The maximum absolute atomic E-state index is 5.31. The van der Waals surface area contributed by atoms with E-state index < -0.39 is 0 Å². The van der Waals surface area contributed by atoms with Gasteiger partial charge in [0.2, 0.25) is 0 Å². The molecule has 2 heterocycles. The average Bonchev–Trinajstić information content (AvgIpc) is 2.33. The second kappa shape index (κ2) is 1.79. The second-order valence-corrected chi connectivity index (χ2v) is 2.24. The number of nitrogens with one attached hydrogen (secondary N) is 1. The van der Waals surface area contributed by atoms with E-state index in [1.165, 1.54) is 5.57 Å². The smallest absolute Gasteiger partial charge is 0.121 e. The van der Waals surface area contributed by atoms with E-state index in [0.717, 1.165) is 25.3 Å². The summed E-state index contributed by atoms with van der Waals surface area (Å²) in [5, 5.41) is 3.14. The van der Waals surface area contributed by atoms with Crippen LogP contribution < -0.4 is 5.32 Å². The first kappa shape index (κ1) is 4.91. The number of hydrogen-bond acceptors (Lipinski definition) is 2. The van der Waals surface area contributed by atoms with Crippen molar-refractivity contribution in [3.05, 3.63) is 23.6 Å². The number of dihydropyridines is 1. The Morgan fingerprint density at radius 1 is 1.56 bits per heavy atom. The number of allylic oxidation sites excluding steroid dienone is 1. The van der Waals surface area contributed by atoms with Gasteiger partial charge in [-0.15, -0.1) is 0 Å². The molecule has 2 nitrogen and oxygen atoms in total. The Morgan fingerprint density at radius 2 is 2.56 bits per heavy atom. The lowest BCUT2D eigenvalue weighted by molar-refractivity contribution is 0.264. The first-order chi connectivity index (χ1) is 4.47. The third-order valence-electron chi connectivity index (χ3n) is 1.63. The zero-order chi connectivity index (χ0) is 6.10. The van der Waals surface area contributed by atoms with Crippen molar-refractivity contribution in [2.75, 3.05) is 13.2 Å². The number of hydrogen-bond donors (Lipinski definition) is 1. The fourth-order valence-electron chi connectivity index (χ4n) is 1.15. The van der Waals surface area contributed by atoms with Crippen LogP contribution >= 0.6 is 0 Å². The van der Waals surface area contributed by atoms with Crippen LogP contribution in [0.15, 0.2) is 23.6 Å². The van der Waals surface area contributed by atoms with Crippen molar-refractivity contribution in [1.82, 2.24) is 5.32 Å². The number of ether oxygens (including phenoxy) is 1. The summed E-state index contributed by atoms with van der Waals surface area (Å²) < 4.78 is 5.31. The maximum Gasteiger partial charge on any atom is 0.121 e. The van der Waals surface area contributed by atoms with Gasteiger partial charge in [-0.05, 0) is 6.08 Å². The standard InChI is InChI=1S/C7H9NO/c1-3-8-5-6-2-4-9-7(1)6/h1,5,8H,2-4H2. The molecule has 0 spiro atoms. The molecule has 2 aliphatic rings. The Morgan fingerprint density at radius 3 is 3.44 bits per heavy atom. The van der Waals surface area contributed by atoms with Crippen LogP contribution in [0.5, 0.6) is 0 Å². The summed E-state index contributed by atoms with van der Waals surface area (Å²) in [5.74, 6) is 1.09. The van der Waals surface area contributed by atoms with E-state index in [9.17, 15) is 0 Å². The van der Waals surface area contributed by atoms with Crippen LogP contribution in [0.3, 0.4) is 0 Å². The predicted octanol–water partition coefficient (Wildman–Crippen LogP) is 0.778. The molecular formula is C7H9NO. The SMILES string of the molecule is C1=C2CCOC2=CCN1. The predicted molar refractivity (Wildman–Crippen MR) is 34.7 cm³/mol. The lowest BCUT2D eigenvalue weighted by atomic mass is 10.2. The Balaban J connectivity index is 2.30. The van der Waals surface area contributed by atoms with E-state index in [1.807, 2.05) is 6.20 Å². The molecule has 0 aliphatic carbocycles. The first-order valence-electron chi connectivity index (χ1n) is 3.22. The van der Waals surface area contributed by atoms with Crippen LogP contribution in [0.4, 0.5) is 0 Å². The van der Waals surface area contributed by atoms with Crippen molar-refractivity contribution >= 4 is 0 Å². The molecule has 2 rings (SSSR count). The minimum Gasteiger partial charge on any atom is -0.493 e. The molecule has 1 N–H and O–H groups in total. The fraction of sp³-hybridized carbons (Fsp3) is 0.429. The van der Waals surface area contributed by atoms with Crippen LogP contribution in [-0.2, 0) is 4.74 Å².